The number of ether oxygens (including phenoxy) is 1. The Kier molecular flexibility index (Phi) is 3.07. The van der Waals surface area contributed by atoms with Crippen LogP contribution in [0.2, 0.25) is 0 Å². The highest BCUT2D eigenvalue weighted by atomic mass is 16.5. The predicted octanol–water partition coefficient (Wildman–Crippen LogP) is 3.94. The summed E-state index contributed by atoms with van der Waals surface area (Å²) < 4.78 is 6.06. The number of nitrogens with one attached hydrogen (secondary N) is 1. The summed E-state index contributed by atoms with van der Waals surface area (Å²) in [7, 11) is 0. The molecule has 0 spiro atoms. The second-order valence-electron chi connectivity index (χ2n) is 5.85. The van der Waals surface area contributed by atoms with Gasteiger partial charge in [0.05, 0.1) is 29.5 Å². The molecule has 0 saturated heterocycles. The van der Waals surface area contributed by atoms with E-state index in [1.807, 2.05) is 12.1 Å². The van der Waals surface area contributed by atoms with Gasteiger partial charge in [-0.05, 0) is 43.9 Å². The molecule has 1 atom stereocenters. The van der Waals surface area contributed by atoms with Crippen molar-refractivity contribution in [1.82, 2.24) is 4.98 Å². The summed E-state index contributed by atoms with van der Waals surface area (Å²) in [5.74, 6) is 0. The van der Waals surface area contributed by atoms with Crippen LogP contribution in [0.25, 0.3) is 10.9 Å². The van der Waals surface area contributed by atoms with Gasteiger partial charge < -0.3 is 9.72 Å². The Balaban J connectivity index is 2.33. The second-order valence-corrected chi connectivity index (χ2v) is 5.85. The Morgan fingerprint density at radius 2 is 2.25 bits per heavy atom. The average molecular weight is 268 g/mol. The number of rotatable bonds is 2. The van der Waals surface area contributed by atoms with Crippen LogP contribution in [0.5, 0.6) is 0 Å². The lowest BCUT2D eigenvalue weighted by Crippen LogP contribution is -2.32. The molecule has 3 rings (SSSR count). The van der Waals surface area contributed by atoms with Crippen LogP contribution >= 0.6 is 0 Å². The first-order valence-electron chi connectivity index (χ1n) is 7.29. The maximum absolute atomic E-state index is 9.38. The van der Waals surface area contributed by atoms with Crippen LogP contribution in [-0.4, -0.2) is 11.6 Å². The third-order valence-electron chi connectivity index (χ3n) is 4.42. The van der Waals surface area contributed by atoms with Crippen LogP contribution in [0, 0.1) is 18.3 Å². The molecule has 3 heteroatoms. The number of hydrogen-bond acceptors (Lipinski definition) is 2. The Hall–Kier alpha value is -1.79. The van der Waals surface area contributed by atoms with E-state index < -0.39 is 0 Å². The minimum Gasteiger partial charge on any atom is -0.369 e. The number of aryl methyl sites for hydroxylation is 1. The van der Waals surface area contributed by atoms with Gasteiger partial charge in [-0.3, -0.25) is 0 Å². The number of nitrogens with zero attached hydrogens (tertiary/aromatic N) is 1. The molecule has 1 aliphatic rings. The van der Waals surface area contributed by atoms with Gasteiger partial charge in [0.25, 0.3) is 0 Å². The van der Waals surface area contributed by atoms with E-state index in [4.69, 9.17) is 4.74 Å². The van der Waals surface area contributed by atoms with Gasteiger partial charge in [-0.1, -0.05) is 19.4 Å². The molecule has 0 saturated carbocycles. The zero-order valence-electron chi connectivity index (χ0n) is 12.3. The van der Waals surface area contributed by atoms with E-state index >= 15 is 0 Å². The van der Waals surface area contributed by atoms with E-state index in [1.165, 1.54) is 16.8 Å². The number of benzene rings is 1. The van der Waals surface area contributed by atoms with E-state index in [9.17, 15) is 5.26 Å². The molecule has 1 aromatic carbocycles. The smallest absolute Gasteiger partial charge is 0.105 e. The standard InChI is InChI=1S/C17H20N2O/c1-4-8-17(3)16-13(7-9-20-17)14-12(10-18)6-5-11(2)15(14)19-16/h5-6,19H,4,7-9H2,1-3H3/t17-/m0/s1. The second kappa shape index (κ2) is 4.64. The molecule has 0 amide bonds. The van der Waals surface area contributed by atoms with Crippen molar-refractivity contribution < 1.29 is 4.74 Å². The molecule has 0 unspecified atom stereocenters. The SMILES string of the molecule is CCC[C@]1(C)OCCc2c1[nH]c1c(C)ccc(C#N)c21. The molecular formula is C17H20N2O. The highest BCUT2D eigenvalue weighted by molar-refractivity contribution is 5.92. The summed E-state index contributed by atoms with van der Waals surface area (Å²) in [6, 6.07) is 6.28. The average Bonchev–Trinajstić information content (AvgIpc) is 2.82. The monoisotopic (exact) mass is 268 g/mol. The quantitative estimate of drug-likeness (QED) is 0.897. The summed E-state index contributed by atoms with van der Waals surface area (Å²) in [5.41, 5.74) is 5.26. The largest absolute Gasteiger partial charge is 0.369 e. The van der Waals surface area contributed by atoms with Crippen LogP contribution in [0.1, 0.15) is 49.1 Å². The van der Waals surface area contributed by atoms with Crippen LogP contribution in [0.3, 0.4) is 0 Å². The first kappa shape index (κ1) is 13.2. The molecular weight excluding hydrogens is 248 g/mol. The molecule has 2 aromatic rings. The van der Waals surface area contributed by atoms with Gasteiger partial charge in [0.15, 0.2) is 0 Å². The number of aromatic amines is 1. The van der Waals surface area contributed by atoms with Crippen molar-refractivity contribution in [2.75, 3.05) is 6.61 Å². The minimum atomic E-state index is -0.249. The van der Waals surface area contributed by atoms with E-state index in [0.717, 1.165) is 42.3 Å². The van der Waals surface area contributed by atoms with E-state index in [-0.39, 0.29) is 5.60 Å². The number of hydrogen-bond donors (Lipinski definition) is 1. The van der Waals surface area contributed by atoms with Crippen molar-refractivity contribution >= 4 is 10.9 Å². The molecule has 0 aliphatic carbocycles. The van der Waals surface area contributed by atoms with E-state index in [0.29, 0.717) is 0 Å². The van der Waals surface area contributed by atoms with Crippen molar-refractivity contribution in [2.24, 2.45) is 0 Å². The molecule has 1 N–H and O–H groups in total. The highest BCUT2D eigenvalue weighted by Gasteiger charge is 2.35. The molecule has 20 heavy (non-hydrogen) atoms. The summed E-state index contributed by atoms with van der Waals surface area (Å²) in [5, 5.41) is 10.5. The van der Waals surface area contributed by atoms with Gasteiger partial charge in [0.1, 0.15) is 5.60 Å². The van der Waals surface area contributed by atoms with Crippen molar-refractivity contribution in [3.63, 3.8) is 0 Å². The number of H-pyrrole nitrogens is 1. The Morgan fingerprint density at radius 1 is 1.45 bits per heavy atom. The maximum atomic E-state index is 9.38. The van der Waals surface area contributed by atoms with Gasteiger partial charge in [0.2, 0.25) is 0 Å². The normalized spacial score (nSPS) is 21.7. The van der Waals surface area contributed by atoms with Crippen molar-refractivity contribution in [3.8, 4) is 6.07 Å². The fourth-order valence-corrected chi connectivity index (χ4v) is 3.43. The van der Waals surface area contributed by atoms with E-state index in [1.54, 1.807) is 0 Å². The lowest BCUT2D eigenvalue weighted by atomic mass is 9.88. The van der Waals surface area contributed by atoms with Gasteiger partial charge in [-0.25, -0.2) is 0 Å². The van der Waals surface area contributed by atoms with Gasteiger partial charge in [-0.15, -0.1) is 0 Å². The Morgan fingerprint density at radius 3 is 2.95 bits per heavy atom. The zero-order chi connectivity index (χ0) is 14.3. The molecule has 1 aliphatic heterocycles. The lowest BCUT2D eigenvalue weighted by Gasteiger charge is -2.34. The molecule has 1 aromatic heterocycles. The molecule has 0 fully saturated rings. The highest BCUT2D eigenvalue weighted by Crippen LogP contribution is 2.41. The first-order valence-corrected chi connectivity index (χ1v) is 7.29. The van der Waals surface area contributed by atoms with Crippen molar-refractivity contribution in [3.05, 3.63) is 34.5 Å². The third-order valence-corrected chi connectivity index (χ3v) is 4.42. The van der Waals surface area contributed by atoms with Gasteiger partial charge in [0, 0.05) is 5.39 Å². The Labute approximate surface area is 119 Å². The van der Waals surface area contributed by atoms with Crippen LogP contribution in [0.4, 0.5) is 0 Å². The molecule has 104 valence electrons. The van der Waals surface area contributed by atoms with E-state index in [2.05, 4.69) is 31.8 Å². The fraction of sp³-hybridized carbons (Fsp3) is 0.471. The summed E-state index contributed by atoms with van der Waals surface area (Å²) in [6.45, 7) is 7.15. The summed E-state index contributed by atoms with van der Waals surface area (Å²) in [6.07, 6.45) is 2.95. The summed E-state index contributed by atoms with van der Waals surface area (Å²) >= 11 is 0. The zero-order valence-corrected chi connectivity index (χ0v) is 12.3. The summed E-state index contributed by atoms with van der Waals surface area (Å²) in [4.78, 5) is 3.56. The number of fused-ring (bicyclic) bond motifs is 3. The fourth-order valence-electron chi connectivity index (χ4n) is 3.43. The van der Waals surface area contributed by atoms with Crippen LogP contribution in [0.15, 0.2) is 12.1 Å². The number of nitriles is 1. The topological polar surface area (TPSA) is 48.8 Å². The van der Waals surface area contributed by atoms with Crippen LogP contribution in [-0.2, 0) is 16.8 Å². The molecule has 0 bridgehead atoms. The van der Waals surface area contributed by atoms with Gasteiger partial charge in [-0.2, -0.15) is 5.26 Å². The third kappa shape index (κ3) is 1.76. The first-order chi connectivity index (χ1) is 9.60. The van der Waals surface area contributed by atoms with Crippen LogP contribution < -0.4 is 0 Å². The predicted molar refractivity (Wildman–Crippen MR) is 79.7 cm³/mol. The van der Waals surface area contributed by atoms with Gasteiger partial charge >= 0.3 is 0 Å². The van der Waals surface area contributed by atoms with Crippen molar-refractivity contribution in [1.29, 1.82) is 5.26 Å². The minimum absolute atomic E-state index is 0.249. The molecule has 0 radical (unpaired) electrons. The Bertz CT molecular complexity index is 708. The number of aromatic nitrogens is 1. The van der Waals surface area contributed by atoms with Crippen molar-refractivity contribution in [2.45, 2.75) is 45.6 Å². The molecule has 3 nitrogen and oxygen atoms in total. The molecule has 2 heterocycles. The lowest BCUT2D eigenvalue weighted by molar-refractivity contribution is -0.0551. The maximum Gasteiger partial charge on any atom is 0.105 e.